The van der Waals surface area contributed by atoms with Crippen LogP contribution >= 0.6 is 0 Å². The van der Waals surface area contributed by atoms with Crippen molar-refractivity contribution in [3.05, 3.63) is 29.8 Å². The Balaban J connectivity index is 2.54. The molecule has 1 rings (SSSR count). The maximum Gasteiger partial charge on any atom is 0.0671 e. The Kier molecular flexibility index (Phi) is 4.17. The van der Waals surface area contributed by atoms with E-state index in [1.165, 1.54) is 5.56 Å². The molecule has 0 radical (unpaired) electrons. The second-order valence-electron chi connectivity index (χ2n) is 4.19. The molecule has 0 heterocycles. The topological polar surface area (TPSA) is 35.8 Å². The molecule has 0 aliphatic rings. The lowest BCUT2D eigenvalue weighted by Gasteiger charge is -2.09. The fraction of sp³-hybridized carbons (Fsp3) is 0.462. The number of hydrogen-bond acceptors (Lipinski definition) is 2. The molecule has 0 aromatic heterocycles. The second-order valence-corrected chi connectivity index (χ2v) is 4.19. The van der Waals surface area contributed by atoms with Gasteiger partial charge in [-0.15, -0.1) is 0 Å². The van der Waals surface area contributed by atoms with Crippen molar-refractivity contribution in [3.63, 3.8) is 0 Å². The summed E-state index contributed by atoms with van der Waals surface area (Å²) >= 11 is 0. The van der Waals surface area contributed by atoms with Crippen LogP contribution in [0.5, 0.6) is 0 Å². The highest BCUT2D eigenvalue weighted by Gasteiger charge is 2.00. The van der Waals surface area contributed by atoms with Gasteiger partial charge in [0.15, 0.2) is 0 Å². The van der Waals surface area contributed by atoms with E-state index in [9.17, 15) is 0 Å². The molecule has 0 amide bonds. The third kappa shape index (κ3) is 3.63. The Labute approximate surface area is 91.9 Å². The van der Waals surface area contributed by atoms with Crippen molar-refractivity contribution in [1.29, 1.82) is 5.26 Å². The fourth-order valence-electron chi connectivity index (χ4n) is 1.30. The highest BCUT2D eigenvalue weighted by molar-refractivity contribution is 5.45. The zero-order valence-corrected chi connectivity index (χ0v) is 9.62. The normalized spacial score (nSPS) is 12.2. The van der Waals surface area contributed by atoms with Crippen LogP contribution in [0.3, 0.4) is 0 Å². The van der Waals surface area contributed by atoms with Crippen LogP contribution in [-0.4, -0.2) is 6.54 Å². The van der Waals surface area contributed by atoms with E-state index < -0.39 is 0 Å². The standard InChI is InChI=1S/C13H18N2/c1-10(2)12-4-6-13(7-5-12)15-9-11(3)8-14/h4-7,10-11,15H,9H2,1-3H3. The lowest BCUT2D eigenvalue weighted by molar-refractivity contribution is 0.786. The minimum absolute atomic E-state index is 0.0507. The SMILES string of the molecule is CC(C#N)CNc1ccc(C(C)C)cc1. The zero-order valence-electron chi connectivity index (χ0n) is 9.62. The van der Waals surface area contributed by atoms with Crippen LogP contribution in [0.1, 0.15) is 32.3 Å². The van der Waals surface area contributed by atoms with Crippen molar-refractivity contribution in [1.82, 2.24) is 0 Å². The van der Waals surface area contributed by atoms with Gasteiger partial charge in [0.05, 0.1) is 12.0 Å². The van der Waals surface area contributed by atoms with Crippen molar-refractivity contribution < 1.29 is 0 Å². The van der Waals surface area contributed by atoms with Gasteiger partial charge in [0.25, 0.3) is 0 Å². The Bertz CT molecular complexity index is 333. The molecule has 1 atom stereocenters. The molecule has 1 unspecified atom stereocenters. The van der Waals surface area contributed by atoms with Gasteiger partial charge in [-0.05, 0) is 30.5 Å². The van der Waals surface area contributed by atoms with Crippen LogP contribution in [-0.2, 0) is 0 Å². The van der Waals surface area contributed by atoms with Gasteiger partial charge in [-0.3, -0.25) is 0 Å². The molecule has 0 aliphatic heterocycles. The Morgan fingerprint density at radius 1 is 1.20 bits per heavy atom. The van der Waals surface area contributed by atoms with Gasteiger partial charge in [0.1, 0.15) is 0 Å². The van der Waals surface area contributed by atoms with Gasteiger partial charge in [-0.2, -0.15) is 5.26 Å². The van der Waals surface area contributed by atoms with Gasteiger partial charge < -0.3 is 5.32 Å². The molecule has 0 aliphatic carbocycles. The third-order valence-corrected chi connectivity index (χ3v) is 2.41. The number of benzene rings is 1. The smallest absolute Gasteiger partial charge is 0.0671 e. The summed E-state index contributed by atoms with van der Waals surface area (Å²) in [6.07, 6.45) is 0. The van der Waals surface area contributed by atoms with E-state index in [1.807, 2.05) is 6.92 Å². The summed E-state index contributed by atoms with van der Waals surface area (Å²) in [7, 11) is 0. The van der Waals surface area contributed by atoms with Crippen molar-refractivity contribution in [2.24, 2.45) is 5.92 Å². The molecule has 15 heavy (non-hydrogen) atoms. The molecule has 0 saturated heterocycles. The minimum Gasteiger partial charge on any atom is -0.384 e. The predicted molar refractivity (Wildman–Crippen MR) is 63.8 cm³/mol. The van der Waals surface area contributed by atoms with Crippen LogP contribution in [0.4, 0.5) is 5.69 Å². The van der Waals surface area contributed by atoms with Crippen LogP contribution in [0.25, 0.3) is 0 Å². The second kappa shape index (κ2) is 5.41. The highest BCUT2D eigenvalue weighted by atomic mass is 14.9. The summed E-state index contributed by atoms with van der Waals surface area (Å²) in [4.78, 5) is 0. The summed E-state index contributed by atoms with van der Waals surface area (Å²) in [5.41, 5.74) is 2.43. The van der Waals surface area contributed by atoms with E-state index in [2.05, 4.69) is 49.5 Å². The Hall–Kier alpha value is -1.49. The highest BCUT2D eigenvalue weighted by Crippen LogP contribution is 2.17. The lowest BCUT2D eigenvalue weighted by atomic mass is 10.0. The molecule has 1 aromatic carbocycles. The van der Waals surface area contributed by atoms with E-state index in [-0.39, 0.29) is 5.92 Å². The number of nitrogens with one attached hydrogen (secondary N) is 1. The first-order valence-corrected chi connectivity index (χ1v) is 5.37. The Morgan fingerprint density at radius 2 is 1.80 bits per heavy atom. The lowest BCUT2D eigenvalue weighted by Crippen LogP contribution is -2.09. The number of rotatable bonds is 4. The molecule has 1 aromatic rings. The van der Waals surface area contributed by atoms with Crippen LogP contribution in [0, 0.1) is 17.2 Å². The average molecular weight is 202 g/mol. The van der Waals surface area contributed by atoms with E-state index in [4.69, 9.17) is 5.26 Å². The van der Waals surface area contributed by atoms with Crippen molar-refractivity contribution >= 4 is 5.69 Å². The molecule has 2 heteroatoms. The summed E-state index contributed by atoms with van der Waals surface area (Å²) in [6.45, 7) is 6.98. The van der Waals surface area contributed by atoms with Gasteiger partial charge >= 0.3 is 0 Å². The third-order valence-electron chi connectivity index (χ3n) is 2.41. The monoisotopic (exact) mass is 202 g/mol. The maximum atomic E-state index is 8.64. The summed E-state index contributed by atoms with van der Waals surface area (Å²) in [5.74, 6) is 0.617. The molecular weight excluding hydrogens is 184 g/mol. The predicted octanol–water partition coefficient (Wildman–Crippen LogP) is 3.38. The summed E-state index contributed by atoms with van der Waals surface area (Å²) in [5, 5.41) is 11.9. The quantitative estimate of drug-likeness (QED) is 0.812. The van der Waals surface area contributed by atoms with Crippen LogP contribution in [0.2, 0.25) is 0 Å². The average Bonchev–Trinajstić information content (AvgIpc) is 2.26. The first-order valence-electron chi connectivity index (χ1n) is 5.37. The molecule has 0 saturated carbocycles. The molecule has 80 valence electrons. The Morgan fingerprint density at radius 3 is 2.27 bits per heavy atom. The van der Waals surface area contributed by atoms with Gasteiger partial charge in [0, 0.05) is 12.2 Å². The van der Waals surface area contributed by atoms with Gasteiger partial charge in [-0.25, -0.2) is 0 Å². The van der Waals surface area contributed by atoms with E-state index in [0.717, 1.165) is 5.69 Å². The van der Waals surface area contributed by atoms with Gasteiger partial charge in [-0.1, -0.05) is 26.0 Å². The first-order chi connectivity index (χ1) is 7.13. The van der Waals surface area contributed by atoms with Gasteiger partial charge in [0.2, 0.25) is 0 Å². The molecule has 0 fully saturated rings. The van der Waals surface area contributed by atoms with E-state index in [1.54, 1.807) is 0 Å². The number of anilines is 1. The summed E-state index contributed by atoms with van der Waals surface area (Å²) < 4.78 is 0. The fourth-order valence-corrected chi connectivity index (χ4v) is 1.30. The first kappa shape index (κ1) is 11.6. The number of nitrogens with zero attached hydrogens (tertiary/aromatic N) is 1. The summed E-state index contributed by atoms with van der Waals surface area (Å²) in [6, 6.07) is 10.6. The number of nitriles is 1. The number of hydrogen-bond donors (Lipinski definition) is 1. The van der Waals surface area contributed by atoms with E-state index >= 15 is 0 Å². The largest absolute Gasteiger partial charge is 0.384 e. The minimum atomic E-state index is 0.0507. The molecule has 0 spiro atoms. The van der Waals surface area contributed by atoms with Crippen molar-refractivity contribution in [3.8, 4) is 6.07 Å². The molecule has 1 N–H and O–H groups in total. The maximum absolute atomic E-state index is 8.64. The molecule has 0 bridgehead atoms. The zero-order chi connectivity index (χ0) is 11.3. The van der Waals surface area contributed by atoms with Crippen molar-refractivity contribution in [2.75, 3.05) is 11.9 Å². The van der Waals surface area contributed by atoms with Crippen LogP contribution in [0.15, 0.2) is 24.3 Å². The van der Waals surface area contributed by atoms with Crippen LogP contribution < -0.4 is 5.32 Å². The van der Waals surface area contributed by atoms with Crippen molar-refractivity contribution in [2.45, 2.75) is 26.7 Å². The van der Waals surface area contributed by atoms with E-state index in [0.29, 0.717) is 12.5 Å². The molecule has 2 nitrogen and oxygen atoms in total. The molecular formula is C13H18N2.